The molecule has 0 bridgehead atoms. The number of thioether (sulfide) groups is 1. The molecule has 0 atom stereocenters. The van der Waals surface area contributed by atoms with Gasteiger partial charge in [0.1, 0.15) is 10.5 Å². The van der Waals surface area contributed by atoms with Gasteiger partial charge < -0.3 is 4.40 Å². The Bertz CT molecular complexity index is 1380. The maximum atomic E-state index is 13.2. The van der Waals surface area contributed by atoms with Crippen molar-refractivity contribution in [2.45, 2.75) is 17.5 Å². The zero-order chi connectivity index (χ0) is 20.5. The van der Waals surface area contributed by atoms with Gasteiger partial charge >= 0.3 is 0 Å². The van der Waals surface area contributed by atoms with Crippen LogP contribution >= 0.6 is 23.1 Å². The van der Waals surface area contributed by atoms with E-state index < -0.39 is 0 Å². The second-order valence-electron chi connectivity index (χ2n) is 6.78. The molecule has 7 heteroatoms. The lowest BCUT2D eigenvalue weighted by Gasteiger charge is -2.09. The number of aromatic nitrogens is 4. The number of thiophene rings is 1. The third kappa shape index (κ3) is 3.46. The van der Waals surface area contributed by atoms with Crippen molar-refractivity contribution in [3.8, 4) is 10.4 Å². The first kappa shape index (κ1) is 18.8. The molecule has 0 aliphatic heterocycles. The molecule has 0 saturated carbocycles. The minimum absolute atomic E-state index is 0.0316. The molecule has 0 amide bonds. The van der Waals surface area contributed by atoms with Crippen molar-refractivity contribution >= 4 is 39.0 Å². The molecule has 0 aliphatic rings. The van der Waals surface area contributed by atoms with Crippen LogP contribution in [0.1, 0.15) is 5.69 Å². The van der Waals surface area contributed by atoms with Crippen LogP contribution in [0, 0.1) is 0 Å². The Hall–Kier alpha value is -3.16. The van der Waals surface area contributed by atoms with Crippen molar-refractivity contribution in [2.75, 3.05) is 0 Å². The van der Waals surface area contributed by atoms with Crippen LogP contribution in [-0.2, 0) is 12.3 Å². The summed E-state index contributed by atoms with van der Waals surface area (Å²) < 4.78 is 3.69. The van der Waals surface area contributed by atoms with Gasteiger partial charge in [0.25, 0.3) is 5.56 Å². The fourth-order valence-corrected chi connectivity index (χ4v) is 5.31. The lowest BCUT2D eigenvalue weighted by molar-refractivity contribution is 0.672. The van der Waals surface area contributed by atoms with Crippen molar-refractivity contribution in [3.63, 3.8) is 0 Å². The monoisotopic (exact) mass is 430 g/mol. The SMILES string of the molecule is C=CCn1c(SCc2cn3ccccc3n2)nc2sc(-c3ccccc3)cc2c1=O. The van der Waals surface area contributed by atoms with Gasteiger partial charge in [0.15, 0.2) is 5.16 Å². The predicted molar refractivity (Wildman–Crippen MR) is 124 cm³/mol. The van der Waals surface area contributed by atoms with E-state index in [0.717, 1.165) is 26.6 Å². The average Bonchev–Trinajstić information content (AvgIpc) is 3.39. The Morgan fingerprint density at radius 3 is 2.73 bits per heavy atom. The van der Waals surface area contributed by atoms with Gasteiger partial charge in [-0.05, 0) is 23.8 Å². The molecule has 4 aromatic heterocycles. The Balaban J connectivity index is 1.53. The summed E-state index contributed by atoms with van der Waals surface area (Å²) in [5.41, 5.74) is 2.91. The number of allylic oxidation sites excluding steroid dienone is 1. The first-order chi connectivity index (χ1) is 14.7. The summed E-state index contributed by atoms with van der Waals surface area (Å²) in [7, 11) is 0. The highest BCUT2D eigenvalue weighted by atomic mass is 32.2. The second-order valence-corrected chi connectivity index (χ2v) is 8.75. The van der Waals surface area contributed by atoms with E-state index in [1.165, 1.54) is 11.8 Å². The smallest absolute Gasteiger partial charge is 0.263 e. The van der Waals surface area contributed by atoms with Crippen molar-refractivity contribution < 1.29 is 0 Å². The molecule has 0 spiro atoms. The molecule has 4 heterocycles. The summed E-state index contributed by atoms with van der Waals surface area (Å²) in [6.45, 7) is 4.23. The zero-order valence-corrected chi connectivity index (χ0v) is 17.7. The van der Waals surface area contributed by atoms with Gasteiger partial charge in [-0.2, -0.15) is 0 Å². The molecule has 5 aromatic rings. The second kappa shape index (κ2) is 7.93. The molecule has 5 nitrogen and oxygen atoms in total. The molecular weight excluding hydrogens is 412 g/mol. The molecule has 0 fully saturated rings. The summed E-state index contributed by atoms with van der Waals surface area (Å²) >= 11 is 3.07. The Morgan fingerprint density at radius 2 is 1.93 bits per heavy atom. The van der Waals surface area contributed by atoms with Crippen LogP contribution in [0.3, 0.4) is 0 Å². The van der Waals surface area contributed by atoms with Crippen LogP contribution in [0.25, 0.3) is 26.3 Å². The van der Waals surface area contributed by atoms with Crippen molar-refractivity contribution in [3.05, 3.63) is 95.7 Å². The van der Waals surface area contributed by atoms with Gasteiger partial charge in [0, 0.05) is 29.6 Å². The van der Waals surface area contributed by atoms with Crippen LogP contribution in [0.2, 0.25) is 0 Å². The van der Waals surface area contributed by atoms with Crippen LogP contribution in [0.15, 0.2) is 89.6 Å². The fourth-order valence-electron chi connectivity index (χ4n) is 3.34. The zero-order valence-electron chi connectivity index (χ0n) is 16.1. The van der Waals surface area contributed by atoms with Gasteiger partial charge in [-0.15, -0.1) is 17.9 Å². The molecule has 0 N–H and O–H groups in total. The van der Waals surface area contributed by atoms with E-state index in [1.807, 2.05) is 71.4 Å². The number of hydrogen-bond donors (Lipinski definition) is 0. The van der Waals surface area contributed by atoms with E-state index in [1.54, 1.807) is 22.0 Å². The lowest BCUT2D eigenvalue weighted by Crippen LogP contribution is -2.22. The number of fused-ring (bicyclic) bond motifs is 2. The quantitative estimate of drug-likeness (QED) is 0.210. The van der Waals surface area contributed by atoms with Gasteiger partial charge in [-0.1, -0.05) is 54.2 Å². The summed E-state index contributed by atoms with van der Waals surface area (Å²) in [4.78, 5) is 24.5. The number of benzene rings is 1. The molecule has 1 aromatic carbocycles. The number of nitrogens with zero attached hydrogens (tertiary/aromatic N) is 4. The summed E-state index contributed by atoms with van der Waals surface area (Å²) in [5.74, 6) is 0.633. The van der Waals surface area contributed by atoms with E-state index in [9.17, 15) is 4.79 Å². The van der Waals surface area contributed by atoms with E-state index in [2.05, 4.69) is 11.6 Å². The standard InChI is InChI=1S/C23H18N4OS2/c1-2-11-27-22(28)18-13-19(16-8-4-3-5-9-16)30-21(18)25-23(27)29-15-17-14-26-12-7-6-10-20(26)24-17/h2-10,12-14H,1,11,15H2. The molecule has 30 heavy (non-hydrogen) atoms. The number of pyridine rings is 1. The normalized spacial score (nSPS) is 11.3. The lowest BCUT2D eigenvalue weighted by atomic mass is 10.2. The molecule has 0 aliphatic carbocycles. The first-order valence-corrected chi connectivity index (χ1v) is 11.3. The Kier molecular flexibility index (Phi) is 4.98. The molecule has 0 unspecified atom stereocenters. The maximum Gasteiger partial charge on any atom is 0.263 e. The summed E-state index contributed by atoms with van der Waals surface area (Å²) in [6, 6.07) is 17.9. The first-order valence-electron chi connectivity index (χ1n) is 9.49. The molecule has 0 radical (unpaired) electrons. The molecular formula is C23H18N4OS2. The van der Waals surface area contributed by atoms with E-state index in [4.69, 9.17) is 4.98 Å². The minimum atomic E-state index is -0.0316. The van der Waals surface area contributed by atoms with E-state index >= 15 is 0 Å². The minimum Gasteiger partial charge on any atom is -0.307 e. The van der Waals surface area contributed by atoms with E-state index in [-0.39, 0.29) is 5.56 Å². The van der Waals surface area contributed by atoms with Crippen molar-refractivity contribution in [2.24, 2.45) is 0 Å². The highest BCUT2D eigenvalue weighted by molar-refractivity contribution is 7.98. The predicted octanol–water partition coefficient (Wildman–Crippen LogP) is 5.25. The van der Waals surface area contributed by atoms with Gasteiger partial charge in [-0.25, -0.2) is 9.97 Å². The topological polar surface area (TPSA) is 52.2 Å². The number of hydrogen-bond acceptors (Lipinski definition) is 5. The maximum absolute atomic E-state index is 13.2. The van der Waals surface area contributed by atoms with Crippen LogP contribution in [0.5, 0.6) is 0 Å². The number of rotatable bonds is 6. The summed E-state index contributed by atoms with van der Waals surface area (Å²) in [5, 5.41) is 1.34. The van der Waals surface area contributed by atoms with Gasteiger partial charge in [0.2, 0.25) is 0 Å². The largest absolute Gasteiger partial charge is 0.307 e. The van der Waals surface area contributed by atoms with Crippen molar-refractivity contribution in [1.82, 2.24) is 18.9 Å². The molecule has 5 rings (SSSR count). The fraction of sp³-hybridized carbons (Fsp3) is 0.0870. The van der Waals surface area contributed by atoms with Crippen LogP contribution in [0.4, 0.5) is 0 Å². The summed E-state index contributed by atoms with van der Waals surface area (Å²) in [6.07, 6.45) is 5.72. The molecule has 148 valence electrons. The highest BCUT2D eigenvalue weighted by Crippen LogP contribution is 2.32. The molecule has 0 saturated heterocycles. The Morgan fingerprint density at radius 1 is 1.10 bits per heavy atom. The van der Waals surface area contributed by atoms with Crippen LogP contribution in [-0.4, -0.2) is 18.9 Å². The Labute approximate surface area is 181 Å². The van der Waals surface area contributed by atoms with Crippen LogP contribution < -0.4 is 5.56 Å². The van der Waals surface area contributed by atoms with Gasteiger partial charge in [-0.3, -0.25) is 9.36 Å². The highest BCUT2D eigenvalue weighted by Gasteiger charge is 2.15. The van der Waals surface area contributed by atoms with E-state index in [0.29, 0.717) is 22.8 Å². The third-order valence-corrected chi connectivity index (χ3v) is 6.84. The van der Waals surface area contributed by atoms with Crippen molar-refractivity contribution in [1.29, 1.82) is 0 Å². The van der Waals surface area contributed by atoms with Gasteiger partial charge in [0.05, 0.1) is 11.1 Å². The third-order valence-electron chi connectivity index (χ3n) is 4.75. The number of imidazole rings is 1. The average molecular weight is 431 g/mol.